The summed E-state index contributed by atoms with van der Waals surface area (Å²) in [6.07, 6.45) is 1.95. The van der Waals surface area contributed by atoms with Gasteiger partial charge < -0.3 is 15.5 Å². The van der Waals surface area contributed by atoms with Crippen LogP contribution in [0.5, 0.6) is 0 Å². The number of fused-ring (bicyclic) bond motifs is 1. The number of benzene rings is 1. The SMILES string of the molecule is CN(C)CC(=O)N1CCCc2c(N)cccc21. The molecule has 0 atom stereocenters. The molecule has 2 N–H and O–H groups in total. The molecule has 0 unspecified atom stereocenters. The van der Waals surface area contributed by atoms with Crippen molar-refractivity contribution in [2.75, 3.05) is 37.8 Å². The summed E-state index contributed by atoms with van der Waals surface area (Å²) in [4.78, 5) is 15.9. The molecule has 1 amide bonds. The van der Waals surface area contributed by atoms with Gasteiger partial charge >= 0.3 is 0 Å². The van der Waals surface area contributed by atoms with E-state index in [1.807, 2.05) is 42.1 Å². The Morgan fingerprint density at radius 2 is 2.24 bits per heavy atom. The van der Waals surface area contributed by atoms with Crippen molar-refractivity contribution in [3.8, 4) is 0 Å². The summed E-state index contributed by atoms with van der Waals surface area (Å²) in [6, 6.07) is 5.80. The molecule has 1 heterocycles. The van der Waals surface area contributed by atoms with Crippen LogP contribution in [0.15, 0.2) is 18.2 Å². The van der Waals surface area contributed by atoms with E-state index in [0.29, 0.717) is 6.54 Å². The summed E-state index contributed by atoms with van der Waals surface area (Å²) >= 11 is 0. The molecule has 1 aliphatic rings. The minimum absolute atomic E-state index is 0.140. The molecule has 0 bridgehead atoms. The minimum atomic E-state index is 0.140. The molecule has 17 heavy (non-hydrogen) atoms. The smallest absolute Gasteiger partial charge is 0.241 e. The number of amides is 1. The molecule has 92 valence electrons. The zero-order valence-electron chi connectivity index (χ0n) is 10.4. The second kappa shape index (κ2) is 4.75. The van der Waals surface area contributed by atoms with Gasteiger partial charge in [0.25, 0.3) is 0 Å². The summed E-state index contributed by atoms with van der Waals surface area (Å²) in [5.74, 6) is 0.140. The Bertz CT molecular complexity index is 429. The van der Waals surface area contributed by atoms with Crippen molar-refractivity contribution in [2.45, 2.75) is 12.8 Å². The number of carbonyl (C=O) groups is 1. The van der Waals surface area contributed by atoms with Crippen LogP contribution >= 0.6 is 0 Å². The maximum atomic E-state index is 12.1. The van der Waals surface area contributed by atoms with Gasteiger partial charge in [-0.2, -0.15) is 0 Å². The molecule has 0 saturated heterocycles. The first-order valence-electron chi connectivity index (χ1n) is 5.92. The van der Waals surface area contributed by atoms with Gasteiger partial charge in [0.15, 0.2) is 0 Å². The van der Waals surface area contributed by atoms with E-state index in [9.17, 15) is 4.79 Å². The molecule has 0 aliphatic carbocycles. The zero-order valence-corrected chi connectivity index (χ0v) is 10.4. The van der Waals surface area contributed by atoms with Gasteiger partial charge in [0.1, 0.15) is 0 Å². The van der Waals surface area contributed by atoms with Crippen LogP contribution in [0.4, 0.5) is 11.4 Å². The fourth-order valence-electron chi connectivity index (χ4n) is 2.27. The summed E-state index contributed by atoms with van der Waals surface area (Å²) in [7, 11) is 3.81. The first kappa shape index (κ1) is 11.9. The van der Waals surface area contributed by atoms with Crippen molar-refractivity contribution in [1.29, 1.82) is 0 Å². The second-order valence-electron chi connectivity index (χ2n) is 4.73. The lowest BCUT2D eigenvalue weighted by molar-refractivity contribution is -0.119. The van der Waals surface area contributed by atoms with Crippen LogP contribution in [0, 0.1) is 0 Å². The van der Waals surface area contributed by atoms with Gasteiger partial charge in [0.05, 0.1) is 6.54 Å². The predicted molar refractivity (Wildman–Crippen MR) is 70.1 cm³/mol. The molecule has 0 fully saturated rings. The van der Waals surface area contributed by atoms with Crippen molar-refractivity contribution >= 4 is 17.3 Å². The molecule has 1 aliphatic heterocycles. The molecule has 0 spiro atoms. The maximum absolute atomic E-state index is 12.1. The third kappa shape index (κ3) is 2.42. The van der Waals surface area contributed by atoms with E-state index in [0.717, 1.165) is 36.3 Å². The summed E-state index contributed by atoms with van der Waals surface area (Å²) in [5.41, 5.74) is 8.86. The van der Waals surface area contributed by atoms with Crippen LogP contribution in [0.2, 0.25) is 0 Å². The van der Waals surface area contributed by atoms with Gasteiger partial charge in [-0.1, -0.05) is 6.07 Å². The molecule has 0 aromatic heterocycles. The lowest BCUT2D eigenvalue weighted by atomic mass is 10.00. The van der Waals surface area contributed by atoms with Crippen LogP contribution in [0.1, 0.15) is 12.0 Å². The normalized spacial score (nSPS) is 14.9. The molecular weight excluding hydrogens is 214 g/mol. The summed E-state index contributed by atoms with van der Waals surface area (Å²) in [6.45, 7) is 1.23. The lowest BCUT2D eigenvalue weighted by Gasteiger charge is -2.31. The highest BCUT2D eigenvalue weighted by atomic mass is 16.2. The van der Waals surface area contributed by atoms with Crippen LogP contribution in [-0.4, -0.2) is 38.0 Å². The second-order valence-corrected chi connectivity index (χ2v) is 4.73. The lowest BCUT2D eigenvalue weighted by Crippen LogP contribution is -2.41. The number of likely N-dealkylation sites (N-methyl/N-ethyl adjacent to an activating group) is 1. The number of rotatable bonds is 2. The highest BCUT2D eigenvalue weighted by molar-refractivity contribution is 5.96. The quantitative estimate of drug-likeness (QED) is 0.778. The van der Waals surface area contributed by atoms with Crippen LogP contribution < -0.4 is 10.6 Å². The molecular formula is C13H19N3O. The Hall–Kier alpha value is -1.55. The Kier molecular flexibility index (Phi) is 3.33. The van der Waals surface area contributed by atoms with Gasteiger partial charge in [-0.25, -0.2) is 0 Å². The Morgan fingerprint density at radius 1 is 1.47 bits per heavy atom. The third-order valence-electron chi connectivity index (χ3n) is 3.04. The molecule has 4 heteroatoms. The Labute approximate surface area is 102 Å². The zero-order chi connectivity index (χ0) is 12.4. The van der Waals surface area contributed by atoms with E-state index in [1.165, 1.54) is 0 Å². The highest BCUT2D eigenvalue weighted by Crippen LogP contribution is 2.31. The van der Waals surface area contributed by atoms with Gasteiger partial charge in [-0.05, 0) is 44.6 Å². The van der Waals surface area contributed by atoms with E-state index in [4.69, 9.17) is 5.73 Å². The number of anilines is 2. The van der Waals surface area contributed by atoms with Gasteiger partial charge in [0, 0.05) is 17.9 Å². The number of nitrogens with zero attached hydrogens (tertiary/aromatic N) is 2. The van der Waals surface area contributed by atoms with E-state index in [-0.39, 0.29) is 5.91 Å². The number of nitrogen functional groups attached to an aromatic ring is 1. The predicted octanol–water partition coefficient (Wildman–Crippen LogP) is 1.11. The van der Waals surface area contributed by atoms with Crippen LogP contribution in [-0.2, 0) is 11.2 Å². The van der Waals surface area contributed by atoms with Crippen molar-refractivity contribution in [3.05, 3.63) is 23.8 Å². The van der Waals surface area contributed by atoms with Crippen molar-refractivity contribution < 1.29 is 4.79 Å². The van der Waals surface area contributed by atoms with Crippen LogP contribution in [0.3, 0.4) is 0 Å². The van der Waals surface area contributed by atoms with E-state index < -0.39 is 0 Å². The first-order valence-corrected chi connectivity index (χ1v) is 5.92. The molecule has 0 radical (unpaired) electrons. The molecule has 1 aromatic rings. The Balaban J connectivity index is 2.29. The summed E-state index contributed by atoms with van der Waals surface area (Å²) < 4.78 is 0. The number of hydrogen-bond donors (Lipinski definition) is 1. The largest absolute Gasteiger partial charge is 0.398 e. The number of nitrogens with two attached hydrogens (primary N) is 1. The maximum Gasteiger partial charge on any atom is 0.241 e. The van der Waals surface area contributed by atoms with Gasteiger partial charge in [-0.3, -0.25) is 4.79 Å². The van der Waals surface area contributed by atoms with Crippen LogP contribution in [0.25, 0.3) is 0 Å². The van der Waals surface area contributed by atoms with Gasteiger partial charge in [-0.15, -0.1) is 0 Å². The molecule has 4 nitrogen and oxygen atoms in total. The van der Waals surface area contributed by atoms with E-state index >= 15 is 0 Å². The van der Waals surface area contributed by atoms with Crippen molar-refractivity contribution in [1.82, 2.24) is 4.90 Å². The minimum Gasteiger partial charge on any atom is -0.398 e. The topological polar surface area (TPSA) is 49.6 Å². The average Bonchev–Trinajstić information content (AvgIpc) is 2.28. The van der Waals surface area contributed by atoms with Crippen molar-refractivity contribution in [3.63, 3.8) is 0 Å². The highest BCUT2D eigenvalue weighted by Gasteiger charge is 2.23. The fraction of sp³-hybridized carbons (Fsp3) is 0.462. The first-order chi connectivity index (χ1) is 8.09. The fourth-order valence-corrected chi connectivity index (χ4v) is 2.27. The summed E-state index contributed by atoms with van der Waals surface area (Å²) in [5, 5.41) is 0. The third-order valence-corrected chi connectivity index (χ3v) is 3.04. The molecule has 0 saturated carbocycles. The average molecular weight is 233 g/mol. The van der Waals surface area contributed by atoms with E-state index in [2.05, 4.69) is 0 Å². The van der Waals surface area contributed by atoms with Crippen molar-refractivity contribution in [2.24, 2.45) is 0 Å². The Morgan fingerprint density at radius 3 is 2.94 bits per heavy atom. The number of carbonyl (C=O) groups excluding carboxylic acids is 1. The molecule has 2 rings (SSSR count). The molecule has 1 aromatic carbocycles. The monoisotopic (exact) mass is 233 g/mol. The van der Waals surface area contributed by atoms with E-state index in [1.54, 1.807) is 0 Å². The standard InChI is InChI=1S/C13H19N3O/c1-15(2)9-13(17)16-8-4-5-10-11(14)6-3-7-12(10)16/h3,6-7H,4-5,8-9,14H2,1-2H3. The number of hydrogen-bond acceptors (Lipinski definition) is 3. The van der Waals surface area contributed by atoms with Gasteiger partial charge in [0.2, 0.25) is 5.91 Å².